The Kier molecular flexibility index (Phi) is 16.0. The lowest BCUT2D eigenvalue weighted by atomic mass is 9.54. The van der Waals surface area contributed by atoms with Crippen molar-refractivity contribution in [3.63, 3.8) is 0 Å². The molecule has 85 heavy (non-hydrogen) atoms. The van der Waals surface area contributed by atoms with Crippen molar-refractivity contribution in [2.75, 3.05) is 26.6 Å². The molecule has 12 atom stereocenters. The molecule has 8 aliphatic rings. The summed E-state index contributed by atoms with van der Waals surface area (Å²) in [6.07, 6.45) is 16.2. The quantitative estimate of drug-likeness (QED) is 0.0317. The van der Waals surface area contributed by atoms with Crippen LogP contribution in [0.2, 0.25) is 0 Å². The van der Waals surface area contributed by atoms with Crippen molar-refractivity contribution in [3.8, 4) is 5.75 Å². The van der Waals surface area contributed by atoms with Crippen molar-refractivity contribution in [1.82, 2.24) is 0 Å². The number of aliphatic hydroxyl groups excluding tert-OH is 4. The van der Waals surface area contributed by atoms with E-state index in [0.717, 1.165) is 29.5 Å². The van der Waals surface area contributed by atoms with Gasteiger partial charge in [0.1, 0.15) is 23.7 Å². The van der Waals surface area contributed by atoms with Gasteiger partial charge in [-0.15, -0.1) is 0 Å². The van der Waals surface area contributed by atoms with Gasteiger partial charge in [0, 0.05) is 58.6 Å². The number of carbonyl (C=O) groups is 2. The highest BCUT2D eigenvalue weighted by atomic mass is 16.6. The molecule has 442 valence electrons. The van der Waals surface area contributed by atoms with E-state index in [9.17, 15) is 25.2 Å². The van der Waals surface area contributed by atoms with E-state index in [1.807, 2.05) is 13.0 Å². The summed E-state index contributed by atoms with van der Waals surface area (Å²) in [6, 6.07) is 38.7. The summed E-state index contributed by atoms with van der Waals surface area (Å²) >= 11 is 0. The van der Waals surface area contributed by atoms with Gasteiger partial charge < -0.3 is 43.8 Å². The summed E-state index contributed by atoms with van der Waals surface area (Å²) in [5, 5.41) is 42.1. The van der Waals surface area contributed by atoms with Crippen LogP contribution in [-0.4, -0.2) is 70.7 Å². The number of aliphatic hydroxyl groups is 4. The molecule has 2 saturated carbocycles. The van der Waals surface area contributed by atoms with E-state index >= 15 is 9.59 Å². The molecular formula is C73H78O12. The summed E-state index contributed by atoms with van der Waals surface area (Å²) in [7, 11) is 0. The van der Waals surface area contributed by atoms with Gasteiger partial charge in [0.2, 0.25) is 0 Å². The van der Waals surface area contributed by atoms with Crippen molar-refractivity contribution < 1.29 is 53.4 Å². The number of ether oxygens (including phenoxy) is 4. The Morgan fingerprint density at radius 1 is 0.788 bits per heavy atom. The van der Waals surface area contributed by atoms with Crippen LogP contribution in [0.1, 0.15) is 175 Å². The molecule has 4 heterocycles. The number of hydrogen-bond acceptors (Lipinski definition) is 12. The van der Waals surface area contributed by atoms with Crippen LogP contribution in [0.15, 0.2) is 148 Å². The first kappa shape index (κ1) is 57.2. The molecule has 0 radical (unpaired) electrons. The summed E-state index contributed by atoms with van der Waals surface area (Å²) in [6.45, 7) is 1.59. The Hall–Kier alpha value is -6.93. The van der Waals surface area contributed by atoms with Crippen molar-refractivity contribution >= 4 is 29.0 Å². The minimum absolute atomic E-state index is 0.00517. The second-order valence-electron chi connectivity index (χ2n) is 25.6. The molecule has 12 heteroatoms. The maximum Gasteiger partial charge on any atom is 0.340 e. The number of hydrogen-bond donors (Lipinski definition) is 4. The molecule has 2 bridgehead atoms. The van der Waals surface area contributed by atoms with E-state index in [0.29, 0.717) is 48.1 Å². The largest absolute Gasteiger partial charge is 0.483 e. The summed E-state index contributed by atoms with van der Waals surface area (Å²) in [5.74, 6) is -1.55. The first-order chi connectivity index (χ1) is 41.4. The fourth-order valence-electron chi connectivity index (χ4n) is 16.9. The van der Waals surface area contributed by atoms with Crippen molar-refractivity contribution in [2.45, 2.75) is 151 Å². The van der Waals surface area contributed by atoms with Gasteiger partial charge in [-0.05, 0) is 170 Å². The number of aryl methyl sites for hydroxylation is 2. The molecule has 14 rings (SSSR count). The molecule has 0 unspecified atom stereocenters. The second-order valence-corrected chi connectivity index (χ2v) is 25.6. The third-order valence-electron chi connectivity index (χ3n) is 21.2. The summed E-state index contributed by atoms with van der Waals surface area (Å²) < 4.78 is 33.2. The third-order valence-corrected chi connectivity index (χ3v) is 21.2. The molecule has 2 fully saturated rings. The maximum atomic E-state index is 15.8. The highest BCUT2D eigenvalue weighted by Gasteiger charge is 2.59. The molecular weight excluding hydrogens is 1070 g/mol. The fraction of sp³-hybridized carbons (Fsp3) is 0.438. The van der Waals surface area contributed by atoms with Gasteiger partial charge in [-0.3, -0.25) is 4.79 Å². The summed E-state index contributed by atoms with van der Waals surface area (Å²) in [5.41, 5.74) is 8.96. The molecule has 0 amide bonds. The van der Waals surface area contributed by atoms with Gasteiger partial charge in [-0.1, -0.05) is 134 Å². The molecule has 5 aromatic carbocycles. The highest BCUT2D eigenvalue weighted by molar-refractivity contribution is 5.90. The van der Waals surface area contributed by atoms with E-state index < -0.39 is 54.7 Å². The first-order valence-electron chi connectivity index (χ1n) is 31.1. The first-order valence-corrected chi connectivity index (χ1v) is 31.1. The van der Waals surface area contributed by atoms with E-state index in [2.05, 4.69) is 115 Å². The lowest BCUT2D eigenvalue weighted by Gasteiger charge is -2.49. The molecule has 5 aliphatic carbocycles. The van der Waals surface area contributed by atoms with Crippen LogP contribution in [-0.2, 0) is 48.7 Å². The molecule has 12 nitrogen and oxygen atoms in total. The smallest absolute Gasteiger partial charge is 0.340 e. The van der Waals surface area contributed by atoms with Crippen molar-refractivity contribution in [2.24, 2.45) is 23.7 Å². The number of rotatable bonds is 11. The van der Waals surface area contributed by atoms with Crippen LogP contribution in [0, 0.1) is 23.7 Å². The number of esters is 2. The fourth-order valence-corrected chi connectivity index (χ4v) is 16.9. The molecule has 1 aromatic heterocycles. The number of carbonyl (C=O) groups excluding carboxylic acids is 2. The normalized spacial score (nSPS) is 29.6. The van der Waals surface area contributed by atoms with Gasteiger partial charge in [0.15, 0.2) is 12.2 Å². The van der Waals surface area contributed by atoms with Crippen molar-refractivity contribution in [3.05, 3.63) is 210 Å². The average molecular weight is 1150 g/mol. The Bertz CT molecular complexity index is 3670. The standard InChI is InChI=1S/C73H78O12/c1-43(39-75)56-27-19-44-17-20-46(21-18-44)57-28-25-49(48-12-9-14-54(35-48)73-32-8-7-13-53(73)26-24-47-11-4-6-16-62(47)73)34-52(57)37-64(78)82-68-66-63(30-29-59-61(40-76)65(71(80)83-67(59)66)51(31-33-74)41-81-42-77)85-72(2,69(68)84-70(56)79)55-36-50-23-22-45-10-3-5-15-58(45)60(50)38-55/h3-6,9-12,14-18,20-23,25,28-30,35,49-53,55,57,60,68-69,74-77H,7-8,13,19,24,26-27,31-34,36-42H2,1-2H3/b56-43-/t49-,50+,51-,52+,53-,55-,57+,60-,68-,69+,72+,73+/m1/s1. The lowest BCUT2D eigenvalue weighted by molar-refractivity contribution is -0.199. The van der Waals surface area contributed by atoms with E-state index in [-0.39, 0.29) is 108 Å². The van der Waals surface area contributed by atoms with E-state index in [4.69, 9.17) is 23.4 Å². The third kappa shape index (κ3) is 10.2. The molecule has 3 aliphatic heterocycles. The minimum Gasteiger partial charge on any atom is -0.483 e. The highest BCUT2D eigenvalue weighted by Crippen LogP contribution is 2.59. The van der Waals surface area contributed by atoms with Gasteiger partial charge >= 0.3 is 17.6 Å². The Balaban J connectivity index is 0.943. The van der Waals surface area contributed by atoms with Crippen LogP contribution in [0.4, 0.5) is 0 Å². The molecule has 4 N–H and O–H groups in total. The second kappa shape index (κ2) is 23.7. The van der Waals surface area contributed by atoms with E-state index in [1.54, 1.807) is 19.1 Å². The Labute approximate surface area is 497 Å². The molecule has 6 aromatic rings. The minimum atomic E-state index is -1.40. The van der Waals surface area contributed by atoms with Crippen LogP contribution < -0.4 is 10.4 Å². The topological polar surface area (TPSA) is 182 Å². The average Bonchev–Trinajstić information content (AvgIpc) is 2.29. The number of fused-ring (bicyclic) bond motifs is 17. The van der Waals surface area contributed by atoms with Crippen LogP contribution in [0.25, 0.3) is 17.0 Å². The van der Waals surface area contributed by atoms with Crippen LogP contribution >= 0.6 is 0 Å². The predicted octanol–water partition coefficient (Wildman–Crippen LogP) is 12.4. The molecule has 0 spiro atoms. The summed E-state index contributed by atoms with van der Waals surface area (Å²) in [4.78, 5) is 45.8. The number of benzene rings is 5. The van der Waals surface area contributed by atoms with Gasteiger partial charge in [0.25, 0.3) is 0 Å². The van der Waals surface area contributed by atoms with Gasteiger partial charge in [-0.2, -0.15) is 0 Å². The van der Waals surface area contributed by atoms with Gasteiger partial charge in [0.05, 0.1) is 25.4 Å². The van der Waals surface area contributed by atoms with Gasteiger partial charge in [-0.25, -0.2) is 9.59 Å². The monoisotopic (exact) mass is 1150 g/mol. The van der Waals surface area contributed by atoms with Crippen LogP contribution in [0.3, 0.4) is 0 Å². The zero-order chi connectivity index (χ0) is 58.6. The van der Waals surface area contributed by atoms with E-state index in [1.165, 1.54) is 53.5 Å². The maximum absolute atomic E-state index is 15.8. The molecule has 0 saturated heterocycles. The number of allylic oxidation sites excluding steroid dienone is 3. The Morgan fingerprint density at radius 3 is 2.45 bits per heavy atom. The lowest BCUT2D eigenvalue weighted by Crippen LogP contribution is -2.58. The van der Waals surface area contributed by atoms with Crippen LogP contribution in [0.5, 0.6) is 5.75 Å². The zero-order valence-corrected chi connectivity index (χ0v) is 48.8. The SMILES string of the molecule is C/C(CO)=C1\CCc2ccc(cc2)[C@@H]2C=C[C@@H](c3cccc([C@]45CCCC[C@@H]4CCc4ccccc45)c3)C[C@H]2CC(=O)O[C@@H]2c3c(ccc4c(CO)c([C@H](CCO)COCO)c(=O)oc34)O[C@@](C)([C@@H]3C[C@@H]4C=Cc5ccccc5[C@@H]4C3)[C@H]2OC1=O. The Morgan fingerprint density at radius 2 is 1.62 bits per heavy atom. The predicted molar refractivity (Wildman–Crippen MR) is 324 cm³/mol. The zero-order valence-electron chi connectivity index (χ0n) is 48.8. The van der Waals surface area contributed by atoms with Crippen molar-refractivity contribution in [1.29, 1.82) is 0 Å².